The lowest BCUT2D eigenvalue weighted by Crippen LogP contribution is -2.30. The Balaban J connectivity index is 1.61. The van der Waals surface area contributed by atoms with Crippen LogP contribution in [0.4, 0.5) is 0 Å². The Hall–Kier alpha value is -1.42. The lowest BCUT2D eigenvalue weighted by molar-refractivity contribution is -0.130. The number of hydrogen-bond acceptors (Lipinski definition) is 3. The van der Waals surface area contributed by atoms with Crippen LogP contribution in [0.3, 0.4) is 0 Å². The molecule has 0 bridgehead atoms. The van der Waals surface area contributed by atoms with Crippen LogP contribution in [0.5, 0.6) is 0 Å². The number of pyridine rings is 1. The van der Waals surface area contributed by atoms with E-state index >= 15 is 0 Å². The van der Waals surface area contributed by atoms with Gasteiger partial charge in [0.1, 0.15) is 0 Å². The van der Waals surface area contributed by atoms with Gasteiger partial charge in [0.05, 0.1) is 5.69 Å². The van der Waals surface area contributed by atoms with E-state index in [0.717, 1.165) is 44.7 Å². The molecule has 0 saturated carbocycles. The third-order valence-corrected chi connectivity index (χ3v) is 3.01. The summed E-state index contributed by atoms with van der Waals surface area (Å²) >= 11 is 0. The second kappa shape index (κ2) is 6.35. The third-order valence-electron chi connectivity index (χ3n) is 3.01. The number of carbonyl (C=O) groups is 1. The average Bonchev–Trinajstić information content (AvgIpc) is 2.89. The van der Waals surface area contributed by atoms with Crippen molar-refractivity contribution in [1.29, 1.82) is 0 Å². The standard InChI is InChI=1S/C13H19N3O/c17-13(16-9-3-4-10-16)6-8-14-11-12-5-1-2-7-15-12/h1-2,5,7,14H,3-4,6,8-11H2. The third kappa shape index (κ3) is 3.82. The molecule has 1 aromatic rings. The summed E-state index contributed by atoms with van der Waals surface area (Å²) in [4.78, 5) is 17.9. The molecule has 1 amide bonds. The van der Waals surface area contributed by atoms with Crippen molar-refractivity contribution in [3.05, 3.63) is 30.1 Å². The monoisotopic (exact) mass is 233 g/mol. The quantitative estimate of drug-likeness (QED) is 0.777. The molecular weight excluding hydrogens is 214 g/mol. The zero-order valence-electron chi connectivity index (χ0n) is 10.1. The summed E-state index contributed by atoms with van der Waals surface area (Å²) in [7, 11) is 0. The zero-order valence-corrected chi connectivity index (χ0v) is 10.1. The maximum atomic E-state index is 11.7. The van der Waals surface area contributed by atoms with Crippen molar-refractivity contribution in [3.8, 4) is 0 Å². The molecule has 2 rings (SSSR count). The van der Waals surface area contributed by atoms with Gasteiger partial charge in [-0.3, -0.25) is 9.78 Å². The lowest BCUT2D eigenvalue weighted by Gasteiger charge is -2.15. The first-order chi connectivity index (χ1) is 8.36. The van der Waals surface area contributed by atoms with Crippen molar-refractivity contribution in [1.82, 2.24) is 15.2 Å². The minimum Gasteiger partial charge on any atom is -0.343 e. The number of nitrogens with zero attached hydrogens (tertiary/aromatic N) is 2. The predicted octanol–water partition coefficient (Wildman–Crippen LogP) is 1.18. The van der Waals surface area contributed by atoms with Crippen molar-refractivity contribution in [2.45, 2.75) is 25.8 Å². The van der Waals surface area contributed by atoms with Gasteiger partial charge in [-0.1, -0.05) is 6.07 Å². The van der Waals surface area contributed by atoms with Gasteiger partial charge in [-0.2, -0.15) is 0 Å². The van der Waals surface area contributed by atoms with E-state index in [2.05, 4.69) is 10.3 Å². The van der Waals surface area contributed by atoms with Gasteiger partial charge in [0, 0.05) is 38.8 Å². The molecule has 2 heterocycles. The highest BCUT2D eigenvalue weighted by atomic mass is 16.2. The molecule has 1 aliphatic heterocycles. The van der Waals surface area contributed by atoms with Crippen LogP contribution in [-0.2, 0) is 11.3 Å². The van der Waals surface area contributed by atoms with E-state index in [9.17, 15) is 4.79 Å². The zero-order chi connectivity index (χ0) is 11.9. The SMILES string of the molecule is O=C(CCNCc1ccccn1)N1CCCC1. The number of carbonyl (C=O) groups excluding carboxylic acids is 1. The summed E-state index contributed by atoms with van der Waals surface area (Å²) in [6, 6.07) is 5.86. The fourth-order valence-corrected chi connectivity index (χ4v) is 2.04. The number of likely N-dealkylation sites (tertiary alicyclic amines) is 1. The van der Waals surface area contributed by atoms with E-state index in [-0.39, 0.29) is 5.91 Å². The van der Waals surface area contributed by atoms with Gasteiger partial charge in [0.2, 0.25) is 5.91 Å². The highest BCUT2D eigenvalue weighted by Gasteiger charge is 2.16. The summed E-state index contributed by atoms with van der Waals surface area (Å²) in [5, 5.41) is 3.25. The van der Waals surface area contributed by atoms with E-state index in [0.29, 0.717) is 6.42 Å². The van der Waals surface area contributed by atoms with Crippen LogP contribution in [0, 0.1) is 0 Å². The van der Waals surface area contributed by atoms with Crippen LogP contribution in [0.1, 0.15) is 25.0 Å². The van der Waals surface area contributed by atoms with Gasteiger partial charge in [-0.05, 0) is 25.0 Å². The molecule has 1 aliphatic rings. The topological polar surface area (TPSA) is 45.2 Å². The smallest absolute Gasteiger partial charge is 0.223 e. The fourth-order valence-electron chi connectivity index (χ4n) is 2.04. The molecule has 0 unspecified atom stereocenters. The Morgan fingerprint density at radius 2 is 2.18 bits per heavy atom. The maximum Gasteiger partial charge on any atom is 0.223 e. The summed E-state index contributed by atoms with van der Waals surface area (Å²) in [5.41, 5.74) is 1.01. The predicted molar refractivity (Wildman–Crippen MR) is 66.4 cm³/mol. The summed E-state index contributed by atoms with van der Waals surface area (Å²) in [5.74, 6) is 0.274. The molecule has 0 spiro atoms. The summed E-state index contributed by atoms with van der Waals surface area (Å²) in [6.45, 7) is 3.35. The maximum absolute atomic E-state index is 11.7. The number of hydrogen-bond donors (Lipinski definition) is 1. The van der Waals surface area contributed by atoms with Crippen molar-refractivity contribution >= 4 is 5.91 Å². The lowest BCUT2D eigenvalue weighted by atomic mass is 10.3. The van der Waals surface area contributed by atoms with Crippen LogP contribution in [-0.4, -0.2) is 35.4 Å². The van der Waals surface area contributed by atoms with Crippen LogP contribution < -0.4 is 5.32 Å². The molecule has 1 fully saturated rings. The normalized spacial score (nSPS) is 15.2. The Kier molecular flexibility index (Phi) is 4.50. The molecule has 1 N–H and O–H groups in total. The van der Waals surface area contributed by atoms with Gasteiger partial charge in [-0.25, -0.2) is 0 Å². The van der Waals surface area contributed by atoms with Crippen LogP contribution in [0.15, 0.2) is 24.4 Å². The second-order valence-corrected chi connectivity index (χ2v) is 4.34. The summed E-state index contributed by atoms with van der Waals surface area (Å²) < 4.78 is 0. The van der Waals surface area contributed by atoms with Gasteiger partial charge in [0.25, 0.3) is 0 Å². The molecule has 0 atom stereocenters. The van der Waals surface area contributed by atoms with E-state index < -0.39 is 0 Å². The van der Waals surface area contributed by atoms with Gasteiger partial charge in [-0.15, -0.1) is 0 Å². The Morgan fingerprint density at radius 1 is 1.35 bits per heavy atom. The van der Waals surface area contributed by atoms with Crippen LogP contribution >= 0.6 is 0 Å². The van der Waals surface area contributed by atoms with Gasteiger partial charge >= 0.3 is 0 Å². The summed E-state index contributed by atoms with van der Waals surface area (Å²) in [6.07, 6.45) is 4.69. The first-order valence-corrected chi connectivity index (χ1v) is 6.24. The van der Waals surface area contributed by atoms with Crippen molar-refractivity contribution in [3.63, 3.8) is 0 Å². The average molecular weight is 233 g/mol. The van der Waals surface area contributed by atoms with Crippen LogP contribution in [0.25, 0.3) is 0 Å². The highest BCUT2D eigenvalue weighted by Crippen LogP contribution is 2.08. The number of aromatic nitrogens is 1. The Bertz CT molecular complexity index is 347. The number of rotatable bonds is 5. The second-order valence-electron chi connectivity index (χ2n) is 4.34. The Labute approximate surface area is 102 Å². The highest BCUT2D eigenvalue weighted by molar-refractivity contribution is 5.76. The van der Waals surface area contributed by atoms with Crippen LogP contribution in [0.2, 0.25) is 0 Å². The first-order valence-electron chi connectivity index (χ1n) is 6.24. The molecule has 1 aromatic heterocycles. The van der Waals surface area contributed by atoms with E-state index in [4.69, 9.17) is 0 Å². The molecule has 0 aliphatic carbocycles. The van der Waals surface area contributed by atoms with Crippen molar-refractivity contribution < 1.29 is 4.79 Å². The minimum atomic E-state index is 0.274. The Morgan fingerprint density at radius 3 is 2.88 bits per heavy atom. The number of amides is 1. The molecule has 4 nitrogen and oxygen atoms in total. The van der Waals surface area contributed by atoms with Crippen molar-refractivity contribution in [2.24, 2.45) is 0 Å². The molecule has 17 heavy (non-hydrogen) atoms. The van der Waals surface area contributed by atoms with Crippen molar-refractivity contribution in [2.75, 3.05) is 19.6 Å². The molecule has 92 valence electrons. The minimum absolute atomic E-state index is 0.274. The largest absolute Gasteiger partial charge is 0.343 e. The molecular formula is C13H19N3O. The molecule has 0 aromatic carbocycles. The van der Waals surface area contributed by atoms with Gasteiger partial charge in [0.15, 0.2) is 0 Å². The first kappa shape index (κ1) is 12.0. The fraction of sp³-hybridized carbons (Fsp3) is 0.538. The van der Waals surface area contributed by atoms with Gasteiger partial charge < -0.3 is 10.2 Å². The molecule has 4 heteroatoms. The van der Waals surface area contributed by atoms with E-state index in [1.165, 1.54) is 0 Å². The molecule has 1 saturated heterocycles. The van der Waals surface area contributed by atoms with E-state index in [1.807, 2.05) is 23.1 Å². The molecule has 0 radical (unpaired) electrons. The number of nitrogens with one attached hydrogen (secondary N) is 1. The van der Waals surface area contributed by atoms with E-state index in [1.54, 1.807) is 6.20 Å².